The van der Waals surface area contributed by atoms with Gasteiger partial charge >= 0.3 is 0 Å². The Hall–Kier alpha value is -3.53. The monoisotopic (exact) mass is 489 g/mol. The smallest absolute Gasteiger partial charge is 0.255 e. The molecule has 0 aromatic heterocycles. The molecule has 1 aliphatic rings. The number of carbonyl (C=O) groups excluding carboxylic acids is 1. The zero-order valence-corrected chi connectivity index (χ0v) is 21.8. The van der Waals surface area contributed by atoms with Crippen molar-refractivity contribution in [2.24, 2.45) is 4.99 Å². The molecule has 0 heterocycles. The number of guanidine groups is 1. The number of methoxy groups -OCH3 is 1. The second kappa shape index (κ2) is 13.5. The summed E-state index contributed by atoms with van der Waals surface area (Å²) in [5, 5.41) is 15.9. The van der Waals surface area contributed by atoms with Gasteiger partial charge in [0.15, 0.2) is 0 Å². The van der Waals surface area contributed by atoms with Gasteiger partial charge in [-0.2, -0.15) is 5.26 Å². The zero-order valence-electron chi connectivity index (χ0n) is 21.8. The third kappa shape index (κ3) is 6.57. The Morgan fingerprint density at radius 1 is 1.08 bits per heavy atom. The maximum Gasteiger partial charge on any atom is 0.255 e. The summed E-state index contributed by atoms with van der Waals surface area (Å²) in [5.41, 5.74) is 1.64. The molecule has 0 radical (unpaired) electrons. The Morgan fingerprint density at radius 3 is 2.42 bits per heavy atom. The van der Waals surface area contributed by atoms with E-state index in [4.69, 9.17) is 4.74 Å². The van der Waals surface area contributed by atoms with Crippen LogP contribution in [-0.2, 0) is 5.41 Å². The van der Waals surface area contributed by atoms with E-state index in [1.165, 1.54) is 5.56 Å². The van der Waals surface area contributed by atoms with Crippen molar-refractivity contribution < 1.29 is 9.53 Å². The van der Waals surface area contributed by atoms with Crippen molar-refractivity contribution in [2.75, 3.05) is 26.7 Å². The highest BCUT2D eigenvalue weighted by Crippen LogP contribution is 2.40. The predicted octanol–water partition coefficient (Wildman–Crippen LogP) is 4.85. The van der Waals surface area contributed by atoms with E-state index < -0.39 is 0 Å². The van der Waals surface area contributed by atoms with Crippen molar-refractivity contribution in [2.45, 2.75) is 63.8 Å². The van der Waals surface area contributed by atoms with E-state index in [1.54, 1.807) is 13.2 Å². The van der Waals surface area contributed by atoms with Gasteiger partial charge in [-0.15, -0.1) is 4.99 Å². The van der Waals surface area contributed by atoms with Crippen LogP contribution in [-0.4, -0.2) is 49.6 Å². The highest BCUT2D eigenvalue weighted by molar-refractivity contribution is 5.97. The van der Waals surface area contributed by atoms with Gasteiger partial charge in [-0.05, 0) is 56.2 Å². The molecule has 1 aliphatic carbocycles. The van der Waals surface area contributed by atoms with Crippen molar-refractivity contribution in [1.82, 2.24) is 15.5 Å². The van der Waals surface area contributed by atoms with E-state index in [0.29, 0.717) is 29.9 Å². The molecule has 2 aromatic rings. The van der Waals surface area contributed by atoms with Crippen molar-refractivity contribution in [3.63, 3.8) is 0 Å². The summed E-state index contributed by atoms with van der Waals surface area (Å²) in [5.74, 6) is 1.14. The van der Waals surface area contributed by atoms with Gasteiger partial charge in [0.1, 0.15) is 5.75 Å². The SMILES string of the molecule is CCCNC(=NC#N)N(CCC)[C@H]1CC[C@](CNC(=O)c2ccccc2OC)(c2ccccc2)CC1. The largest absolute Gasteiger partial charge is 0.496 e. The number of aliphatic imine (C=N–C) groups is 1. The molecule has 0 spiro atoms. The molecule has 36 heavy (non-hydrogen) atoms. The fourth-order valence-electron chi connectivity index (χ4n) is 5.19. The predicted molar refractivity (Wildman–Crippen MR) is 144 cm³/mol. The molecule has 0 unspecified atom stereocenters. The molecule has 0 atom stereocenters. The fourth-order valence-corrected chi connectivity index (χ4v) is 5.19. The van der Waals surface area contributed by atoms with Crippen LogP contribution in [0.4, 0.5) is 0 Å². The highest BCUT2D eigenvalue weighted by Gasteiger charge is 2.39. The first-order valence-electron chi connectivity index (χ1n) is 13.0. The van der Waals surface area contributed by atoms with Gasteiger partial charge in [0.25, 0.3) is 5.91 Å². The van der Waals surface area contributed by atoms with Gasteiger partial charge in [0.2, 0.25) is 12.2 Å². The van der Waals surface area contributed by atoms with E-state index in [0.717, 1.165) is 51.6 Å². The van der Waals surface area contributed by atoms with Crippen LogP contribution < -0.4 is 15.4 Å². The normalized spacial score (nSPS) is 19.7. The molecule has 192 valence electrons. The number of rotatable bonds is 10. The summed E-state index contributed by atoms with van der Waals surface area (Å²) in [4.78, 5) is 19.5. The first kappa shape index (κ1) is 27.1. The molecule has 7 heteroatoms. The van der Waals surface area contributed by atoms with Gasteiger partial charge < -0.3 is 20.3 Å². The average molecular weight is 490 g/mol. The van der Waals surface area contributed by atoms with E-state index in [-0.39, 0.29) is 11.3 Å². The van der Waals surface area contributed by atoms with Gasteiger partial charge in [0.05, 0.1) is 12.7 Å². The molecule has 1 saturated carbocycles. The summed E-state index contributed by atoms with van der Waals surface area (Å²) in [6.45, 7) is 6.46. The average Bonchev–Trinajstić information content (AvgIpc) is 2.93. The van der Waals surface area contributed by atoms with Crippen LogP contribution in [0.3, 0.4) is 0 Å². The minimum atomic E-state index is -0.156. The first-order valence-corrected chi connectivity index (χ1v) is 13.0. The van der Waals surface area contributed by atoms with Crippen molar-refractivity contribution in [3.8, 4) is 11.9 Å². The lowest BCUT2D eigenvalue weighted by atomic mass is 9.67. The van der Waals surface area contributed by atoms with E-state index in [2.05, 4.69) is 58.6 Å². The Morgan fingerprint density at radius 2 is 1.78 bits per heavy atom. The fraction of sp³-hybridized carbons (Fsp3) is 0.483. The molecule has 2 aromatic carbocycles. The maximum atomic E-state index is 13.1. The number of nitrogens with one attached hydrogen (secondary N) is 2. The number of carbonyl (C=O) groups is 1. The van der Waals surface area contributed by atoms with Crippen molar-refractivity contribution in [1.29, 1.82) is 5.26 Å². The third-order valence-corrected chi connectivity index (χ3v) is 7.10. The van der Waals surface area contributed by atoms with Gasteiger partial charge in [-0.1, -0.05) is 56.3 Å². The molecule has 0 saturated heterocycles. The van der Waals surface area contributed by atoms with Crippen LogP contribution in [0.2, 0.25) is 0 Å². The van der Waals surface area contributed by atoms with Crippen LogP contribution in [0, 0.1) is 11.5 Å². The number of benzene rings is 2. The second-order valence-corrected chi connectivity index (χ2v) is 9.42. The van der Waals surface area contributed by atoms with Gasteiger partial charge in [-0.3, -0.25) is 4.79 Å². The molecule has 0 bridgehead atoms. The van der Waals surface area contributed by atoms with Crippen LogP contribution >= 0.6 is 0 Å². The highest BCUT2D eigenvalue weighted by atomic mass is 16.5. The number of para-hydroxylation sites is 1. The Bertz CT molecular complexity index is 1040. The van der Waals surface area contributed by atoms with Crippen LogP contribution in [0.1, 0.15) is 68.3 Å². The number of hydrogen-bond acceptors (Lipinski definition) is 4. The third-order valence-electron chi connectivity index (χ3n) is 7.10. The quantitative estimate of drug-likeness (QED) is 0.283. The van der Waals surface area contributed by atoms with Crippen molar-refractivity contribution >= 4 is 11.9 Å². The molecule has 1 amide bonds. The number of nitrogens with zero attached hydrogens (tertiary/aromatic N) is 3. The van der Waals surface area contributed by atoms with Gasteiger partial charge in [0, 0.05) is 31.1 Å². The number of ether oxygens (including phenoxy) is 1. The topological polar surface area (TPSA) is 89.8 Å². The number of nitriles is 1. The Labute approximate surface area is 215 Å². The molecule has 1 fully saturated rings. The molecule has 0 aliphatic heterocycles. The van der Waals surface area contributed by atoms with E-state index in [1.807, 2.05) is 30.5 Å². The Balaban J connectivity index is 1.79. The zero-order chi connectivity index (χ0) is 25.8. The summed E-state index contributed by atoms with van der Waals surface area (Å²) in [6, 6.07) is 18.1. The second-order valence-electron chi connectivity index (χ2n) is 9.42. The minimum absolute atomic E-state index is 0.121. The standard InChI is InChI=1S/C29H39N5O2/c1-4-19-31-28(33-22-30)34(20-5-2)24-15-17-29(18-16-24,23-11-7-6-8-12-23)21-32-27(35)25-13-9-10-14-26(25)36-3/h6-14,24H,4-5,15-21H2,1-3H3,(H,31,33)(H,32,35)/t24-,29-. The molecule has 3 rings (SSSR count). The van der Waals surface area contributed by atoms with Crippen LogP contribution in [0.15, 0.2) is 59.6 Å². The maximum absolute atomic E-state index is 13.1. The number of amides is 1. The lowest BCUT2D eigenvalue weighted by Gasteiger charge is -2.45. The number of hydrogen-bond donors (Lipinski definition) is 2. The van der Waals surface area contributed by atoms with Gasteiger partial charge in [-0.25, -0.2) is 0 Å². The lowest BCUT2D eigenvalue weighted by Crippen LogP contribution is -2.52. The summed E-state index contributed by atoms with van der Waals surface area (Å²) < 4.78 is 5.40. The summed E-state index contributed by atoms with van der Waals surface area (Å²) >= 11 is 0. The molecule has 2 N–H and O–H groups in total. The van der Waals surface area contributed by atoms with Crippen LogP contribution in [0.25, 0.3) is 0 Å². The van der Waals surface area contributed by atoms with E-state index >= 15 is 0 Å². The lowest BCUT2D eigenvalue weighted by molar-refractivity contribution is 0.0926. The summed E-state index contributed by atoms with van der Waals surface area (Å²) in [6.07, 6.45) is 7.71. The molecular formula is C29H39N5O2. The van der Waals surface area contributed by atoms with E-state index in [9.17, 15) is 10.1 Å². The summed E-state index contributed by atoms with van der Waals surface area (Å²) in [7, 11) is 1.58. The minimum Gasteiger partial charge on any atom is -0.496 e. The Kier molecular flexibility index (Phi) is 10.2. The molecule has 7 nitrogen and oxygen atoms in total. The van der Waals surface area contributed by atoms with Crippen LogP contribution in [0.5, 0.6) is 5.75 Å². The first-order chi connectivity index (χ1) is 17.6. The van der Waals surface area contributed by atoms with Crippen molar-refractivity contribution in [3.05, 3.63) is 65.7 Å². The molecular weight excluding hydrogens is 450 g/mol.